The number of benzene rings is 2. The fourth-order valence-electron chi connectivity index (χ4n) is 2.50. The topological polar surface area (TPSA) is 127 Å². The Balaban J connectivity index is 2.13. The number of carbonyl (C=O) groups excluding carboxylic acids is 1. The van der Waals surface area contributed by atoms with E-state index in [-0.39, 0.29) is 28.0 Å². The first-order valence-corrected chi connectivity index (χ1v) is 9.02. The number of halogens is 1. The number of nitrogens with one attached hydrogen (secondary N) is 2. The Morgan fingerprint density at radius 3 is 2.53 bits per heavy atom. The SMILES string of the molecule is COc1ccc(C(C)N/C=C(/C#N)C(=O)Nc2ccc(Cl)c([N+](=O)[O-])c2)cc1OC. The molecular formula is C20H19ClN4O5. The summed E-state index contributed by atoms with van der Waals surface area (Å²) >= 11 is 5.76. The number of ether oxygens (including phenoxy) is 2. The number of carbonyl (C=O) groups is 1. The maximum atomic E-state index is 12.4. The molecule has 0 heterocycles. The zero-order valence-corrected chi connectivity index (χ0v) is 17.2. The molecule has 9 nitrogen and oxygen atoms in total. The van der Waals surface area contributed by atoms with Crippen molar-refractivity contribution in [2.45, 2.75) is 13.0 Å². The van der Waals surface area contributed by atoms with Crippen LogP contribution >= 0.6 is 11.6 Å². The Morgan fingerprint density at radius 1 is 1.23 bits per heavy atom. The lowest BCUT2D eigenvalue weighted by atomic mass is 10.1. The lowest BCUT2D eigenvalue weighted by Crippen LogP contribution is -2.18. The van der Waals surface area contributed by atoms with Gasteiger partial charge in [0.1, 0.15) is 16.7 Å². The highest BCUT2D eigenvalue weighted by atomic mass is 35.5. The van der Waals surface area contributed by atoms with E-state index in [1.165, 1.54) is 32.6 Å². The van der Waals surface area contributed by atoms with Gasteiger partial charge >= 0.3 is 0 Å². The lowest BCUT2D eigenvalue weighted by Gasteiger charge is -2.15. The van der Waals surface area contributed by atoms with E-state index in [4.69, 9.17) is 21.1 Å². The van der Waals surface area contributed by atoms with Crippen molar-refractivity contribution < 1.29 is 19.2 Å². The molecule has 2 aromatic carbocycles. The van der Waals surface area contributed by atoms with E-state index in [0.29, 0.717) is 11.5 Å². The van der Waals surface area contributed by atoms with Gasteiger partial charge in [0.25, 0.3) is 11.6 Å². The molecule has 0 aliphatic carbocycles. The number of hydrogen-bond acceptors (Lipinski definition) is 7. The minimum atomic E-state index is -0.721. The van der Waals surface area contributed by atoms with Crippen LogP contribution in [0.2, 0.25) is 5.02 Å². The Hall–Kier alpha value is -3.77. The molecule has 2 rings (SSSR count). The normalized spacial score (nSPS) is 11.8. The molecule has 0 spiro atoms. The van der Waals surface area contributed by atoms with Gasteiger partial charge in [0.15, 0.2) is 11.5 Å². The molecule has 1 atom stereocenters. The first kappa shape index (κ1) is 22.5. The summed E-state index contributed by atoms with van der Waals surface area (Å²) in [5.74, 6) is 0.412. The smallest absolute Gasteiger partial charge is 0.289 e. The number of hydrogen-bond donors (Lipinski definition) is 2. The highest BCUT2D eigenvalue weighted by molar-refractivity contribution is 6.32. The lowest BCUT2D eigenvalue weighted by molar-refractivity contribution is -0.384. The van der Waals surface area contributed by atoms with E-state index in [1.54, 1.807) is 18.2 Å². The van der Waals surface area contributed by atoms with Gasteiger partial charge in [-0.05, 0) is 36.8 Å². The number of rotatable bonds is 8. The minimum Gasteiger partial charge on any atom is -0.493 e. The van der Waals surface area contributed by atoms with Crippen LogP contribution in [0.15, 0.2) is 48.2 Å². The number of amides is 1. The van der Waals surface area contributed by atoms with Crippen molar-refractivity contribution in [2.75, 3.05) is 19.5 Å². The molecule has 0 radical (unpaired) electrons. The van der Waals surface area contributed by atoms with Gasteiger partial charge in [-0.3, -0.25) is 14.9 Å². The van der Waals surface area contributed by atoms with Crippen molar-refractivity contribution in [1.82, 2.24) is 5.32 Å². The van der Waals surface area contributed by atoms with Crippen LogP contribution in [0, 0.1) is 21.4 Å². The molecule has 0 fully saturated rings. The predicted molar refractivity (Wildman–Crippen MR) is 112 cm³/mol. The van der Waals surface area contributed by atoms with Crippen molar-refractivity contribution in [3.05, 3.63) is 68.9 Å². The molecule has 156 valence electrons. The van der Waals surface area contributed by atoms with Crippen molar-refractivity contribution >= 4 is 28.9 Å². The average Bonchev–Trinajstić information content (AvgIpc) is 2.74. The Morgan fingerprint density at radius 2 is 1.93 bits per heavy atom. The van der Waals surface area contributed by atoms with Crippen LogP contribution in [0.3, 0.4) is 0 Å². The molecule has 0 saturated heterocycles. The number of nitriles is 1. The summed E-state index contributed by atoms with van der Waals surface area (Å²) in [5.41, 5.74) is 0.428. The van der Waals surface area contributed by atoms with E-state index in [1.807, 2.05) is 13.0 Å². The summed E-state index contributed by atoms with van der Waals surface area (Å²) in [5, 5.41) is 25.6. The van der Waals surface area contributed by atoms with Gasteiger partial charge in [-0.2, -0.15) is 5.26 Å². The van der Waals surface area contributed by atoms with Gasteiger partial charge in [0.05, 0.1) is 19.1 Å². The molecule has 1 unspecified atom stereocenters. The maximum Gasteiger partial charge on any atom is 0.289 e. The van der Waals surface area contributed by atoms with E-state index >= 15 is 0 Å². The molecule has 30 heavy (non-hydrogen) atoms. The highest BCUT2D eigenvalue weighted by Gasteiger charge is 2.16. The van der Waals surface area contributed by atoms with Crippen molar-refractivity contribution in [3.8, 4) is 17.6 Å². The molecule has 2 aromatic rings. The summed E-state index contributed by atoms with van der Waals surface area (Å²) in [6.45, 7) is 1.84. The molecule has 0 bridgehead atoms. The Kier molecular flexibility index (Phi) is 7.61. The molecule has 10 heteroatoms. The van der Waals surface area contributed by atoms with Crippen molar-refractivity contribution in [2.24, 2.45) is 0 Å². The number of methoxy groups -OCH3 is 2. The Labute approximate surface area is 178 Å². The first-order chi connectivity index (χ1) is 14.3. The highest BCUT2D eigenvalue weighted by Crippen LogP contribution is 2.30. The fourth-order valence-corrected chi connectivity index (χ4v) is 2.69. The third kappa shape index (κ3) is 5.40. The van der Waals surface area contributed by atoms with Crippen LogP contribution in [0.4, 0.5) is 11.4 Å². The van der Waals surface area contributed by atoms with Crippen LogP contribution in [-0.2, 0) is 4.79 Å². The van der Waals surface area contributed by atoms with Crippen molar-refractivity contribution in [1.29, 1.82) is 5.26 Å². The zero-order chi connectivity index (χ0) is 22.3. The molecular weight excluding hydrogens is 412 g/mol. The number of nitro groups is 1. The quantitative estimate of drug-likeness (QED) is 0.281. The van der Waals surface area contributed by atoms with Crippen LogP contribution in [-0.4, -0.2) is 25.1 Å². The second-order valence-corrected chi connectivity index (χ2v) is 6.46. The molecule has 0 aliphatic heterocycles. The monoisotopic (exact) mass is 430 g/mol. The predicted octanol–water partition coefficient (Wildman–Crippen LogP) is 3.96. The molecule has 0 aliphatic rings. The number of anilines is 1. The van der Waals surface area contributed by atoms with Gasteiger partial charge in [0, 0.05) is 24.0 Å². The molecule has 0 aromatic heterocycles. The number of nitro benzene ring substituents is 1. The Bertz CT molecular complexity index is 1030. The van der Waals surface area contributed by atoms with Gasteiger partial charge in [-0.15, -0.1) is 0 Å². The summed E-state index contributed by atoms with van der Waals surface area (Å²) in [6, 6.07) is 10.7. The van der Waals surface area contributed by atoms with Crippen molar-refractivity contribution in [3.63, 3.8) is 0 Å². The van der Waals surface area contributed by atoms with E-state index in [0.717, 1.165) is 11.6 Å². The van der Waals surface area contributed by atoms with Gasteiger partial charge in [-0.1, -0.05) is 17.7 Å². The van der Waals surface area contributed by atoms with Crippen LogP contribution in [0.25, 0.3) is 0 Å². The summed E-state index contributed by atoms with van der Waals surface area (Å²) in [4.78, 5) is 22.7. The third-order valence-electron chi connectivity index (χ3n) is 4.15. The van der Waals surface area contributed by atoms with E-state index < -0.39 is 10.8 Å². The maximum absolute atomic E-state index is 12.4. The standard InChI is InChI=1S/C20H19ClN4O5/c1-12(13-4-7-18(29-2)19(8-13)30-3)23-11-14(10-22)20(26)24-15-5-6-16(21)17(9-15)25(27)28/h4-9,11-12,23H,1-3H3,(H,24,26)/b14-11-. The summed E-state index contributed by atoms with van der Waals surface area (Å²) in [6.07, 6.45) is 1.28. The van der Waals surface area contributed by atoms with Gasteiger partial charge in [0.2, 0.25) is 0 Å². The van der Waals surface area contributed by atoms with Crippen LogP contribution < -0.4 is 20.1 Å². The molecule has 1 amide bonds. The van der Waals surface area contributed by atoms with Crippen LogP contribution in [0.5, 0.6) is 11.5 Å². The second kappa shape index (κ2) is 10.1. The first-order valence-electron chi connectivity index (χ1n) is 8.64. The fraction of sp³-hybridized carbons (Fsp3) is 0.200. The number of nitrogens with zero attached hydrogens (tertiary/aromatic N) is 2. The zero-order valence-electron chi connectivity index (χ0n) is 16.4. The average molecular weight is 431 g/mol. The van der Waals surface area contributed by atoms with E-state index in [2.05, 4.69) is 10.6 Å². The summed E-state index contributed by atoms with van der Waals surface area (Å²) in [7, 11) is 3.06. The molecule has 0 saturated carbocycles. The van der Waals surface area contributed by atoms with E-state index in [9.17, 15) is 20.2 Å². The minimum absolute atomic E-state index is 0.0561. The summed E-state index contributed by atoms with van der Waals surface area (Å²) < 4.78 is 10.5. The molecule has 2 N–H and O–H groups in total. The van der Waals surface area contributed by atoms with Gasteiger partial charge < -0.3 is 20.1 Å². The van der Waals surface area contributed by atoms with Crippen LogP contribution in [0.1, 0.15) is 18.5 Å². The largest absolute Gasteiger partial charge is 0.493 e. The van der Waals surface area contributed by atoms with Gasteiger partial charge in [-0.25, -0.2) is 0 Å². The third-order valence-corrected chi connectivity index (χ3v) is 4.47. The second-order valence-electron chi connectivity index (χ2n) is 6.05.